The fraction of sp³-hybridized carbons (Fsp3) is 0.300. The summed E-state index contributed by atoms with van der Waals surface area (Å²) in [5, 5.41) is 25.4. The van der Waals surface area contributed by atoms with Crippen molar-refractivity contribution < 1.29 is 15.0 Å². The Morgan fingerprint density at radius 1 is 1.44 bits per heavy atom. The lowest BCUT2D eigenvalue weighted by molar-refractivity contribution is -0.136. The van der Waals surface area contributed by atoms with E-state index in [0.717, 1.165) is 0 Å². The average molecular weight is 221 g/mol. The van der Waals surface area contributed by atoms with Crippen LogP contribution in [0, 0.1) is 0 Å². The summed E-state index contributed by atoms with van der Waals surface area (Å²) >= 11 is 0. The molecule has 0 atom stereocenters. The topological polar surface area (TPSA) is 88.2 Å². The van der Waals surface area contributed by atoms with Gasteiger partial charge in [0, 0.05) is 0 Å². The molecule has 2 N–H and O–H groups in total. The molecule has 16 heavy (non-hydrogen) atoms. The summed E-state index contributed by atoms with van der Waals surface area (Å²) in [4.78, 5) is 10.7. The number of hydrogen-bond donors (Lipinski definition) is 2. The second-order valence-corrected chi connectivity index (χ2v) is 3.39. The second kappa shape index (κ2) is 4.28. The first kappa shape index (κ1) is 10.6. The Bertz CT molecular complexity index is 521. The number of aromatic nitrogens is 3. The number of carboxylic acids is 1. The summed E-state index contributed by atoms with van der Waals surface area (Å²) < 4.78 is 1.52. The lowest BCUT2D eigenvalue weighted by Gasteiger charge is -2.03. The second-order valence-electron chi connectivity index (χ2n) is 3.39. The van der Waals surface area contributed by atoms with Gasteiger partial charge in [-0.3, -0.25) is 4.79 Å². The number of rotatable bonds is 4. The number of aliphatic hydroxyl groups excluding tert-OH is 1. The Kier molecular flexibility index (Phi) is 2.82. The quantitative estimate of drug-likeness (QED) is 0.761. The lowest BCUT2D eigenvalue weighted by Crippen LogP contribution is -2.07. The van der Waals surface area contributed by atoms with E-state index in [2.05, 4.69) is 10.3 Å². The van der Waals surface area contributed by atoms with Crippen molar-refractivity contribution in [3.8, 4) is 0 Å². The number of benzene rings is 1. The molecule has 1 aromatic carbocycles. The monoisotopic (exact) mass is 221 g/mol. The number of carboxylic acid groups (broad SMARTS) is 1. The van der Waals surface area contributed by atoms with Crippen molar-refractivity contribution in [2.75, 3.05) is 6.61 Å². The number of carbonyl (C=O) groups is 1. The van der Waals surface area contributed by atoms with Gasteiger partial charge in [0.1, 0.15) is 5.52 Å². The van der Waals surface area contributed by atoms with Crippen LogP contribution in [-0.4, -0.2) is 37.8 Å². The van der Waals surface area contributed by atoms with E-state index >= 15 is 0 Å². The zero-order chi connectivity index (χ0) is 11.5. The summed E-state index contributed by atoms with van der Waals surface area (Å²) in [5.74, 6) is -0.899. The molecule has 0 fully saturated rings. The van der Waals surface area contributed by atoms with Gasteiger partial charge >= 0.3 is 5.97 Å². The average Bonchev–Trinajstić information content (AvgIpc) is 2.62. The van der Waals surface area contributed by atoms with E-state index in [-0.39, 0.29) is 13.0 Å². The van der Waals surface area contributed by atoms with Crippen molar-refractivity contribution in [2.24, 2.45) is 0 Å². The van der Waals surface area contributed by atoms with Gasteiger partial charge in [0.15, 0.2) is 0 Å². The van der Waals surface area contributed by atoms with Crippen molar-refractivity contribution in [3.05, 3.63) is 23.8 Å². The highest BCUT2D eigenvalue weighted by atomic mass is 16.4. The molecule has 1 aromatic heterocycles. The van der Waals surface area contributed by atoms with Crippen LogP contribution in [0.1, 0.15) is 5.56 Å². The molecule has 0 saturated carbocycles. The number of para-hydroxylation sites is 1. The standard InChI is InChI=1S/C10H11N3O3/c14-5-4-13-10-7(6-9(15)16)2-1-3-8(10)11-12-13/h1-3,14H,4-6H2,(H,15,16). The number of aliphatic hydroxyl groups is 1. The lowest BCUT2D eigenvalue weighted by atomic mass is 10.1. The van der Waals surface area contributed by atoms with Crippen LogP contribution < -0.4 is 0 Å². The Hall–Kier alpha value is -1.95. The molecule has 6 nitrogen and oxygen atoms in total. The van der Waals surface area contributed by atoms with E-state index in [4.69, 9.17) is 10.2 Å². The smallest absolute Gasteiger partial charge is 0.307 e. The maximum Gasteiger partial charge on any atom is 0.307 e. The van der Waals surface area contributed by atoms with Crippen LogP contribution in [0.2, 0.25) is 0 Å². The number of hydrogen-bond acceptors (Lipinski definition) is 4. The molecular formula is C10H11N3O3. The minimum absolute atomic E-state index is 0.0557. The Morgan fingerprint density at radius 3 is 2.94 bits per heavy atom. The molecule has 0 amide bonds. The van der Waals surface area contributed by atoms with Crippen molar-refractivity contribution in [2.45, 2.75) is 13.0 Å². The molecule has 0 aliphatic rings. The zero-order valence-corrected chi connectivity index (χ0v) is 8.50. The predicted molar refractivity (Wildman–Crippen MR) is 56.0 cm³/mol. The fourth-order valence-electron chi connectivity index (χ4n) is 1.66. The van der Waals surface area contributed by atoms with Gasteiger partial charge in [0.25, 0.3) is 0 Å². The fourth-order valence-corrected chi connectivity index (χ4v) is 1.66. The first-order chi connectivity index (χ1) is 7.72. The maximum atomic E-state index is 10.7. The van der Waals surface area contributed by atoms with E-state index in [1.807, 2.05) is 0 Å². The summed E-state index contributed by atoms with van der Waals surface area (Å²) in [7, 11) is 0. The molecule has 6 heteroatoms. The molecule has 0 spiro atoms. The highest BCUT2D eigenvalue weighted by Crippen LogP contribution is 2.16. The molecule has 2 rings (SSSR count). The van der Waals surface area contributed by atoms with Crippen LogP contribution in [0.3, 0.4) is 0 Å². The van der Waals surface area contributed by atoms with Gasteiger partial charge in [-0.1, -0.05) is 17.3 Å². The Morgan fingerprint density at radius 2 is 2.25 bits per heavy atom. The molecule has 1 heterocycles. The highest BCUT2D eigenvalue weighted by molar-refractivity contribution is 5.83. The van der Waals surface area contributed by atoms with Crippen LogP contribution in [0.15, 0.2) is 18.2 Å². The number of aliphatic carboxylic acids is 1. The van der Waals surface area contributed by atoms with E-state index in [0.29, 0.717) is 23.1 Å². The molecule has 0 bridgehead atoms. The van der Waals surface area contributed by atoms with Crippen LogP contribution in [0.5, 0.6) is 0 Å². The van der Waals surface area contributed by atoms with Crippen molar-refractivity contribution in [1.82, 2.24) is 15.0 Å². The summed E-state index contributed by atoms with van der Waals surface area (Å²) in [6.07, 6.45) is -0.0733. The molecule has 0 saturated heterocycles. The highest BCUT2D eigenvalue weighted by Gasteiger charge is 2.11. The van der Waals surface area contributed by atoms with Gasteiger partial charge in [0.2, 0.25) is 0 Å². The Balaban J connectivity index is 2.54. The van der Waals surface area contributed by atoms with Crippen LogP contribution >= 0.6 is 0 Å². The summed E-state index contributed by atoms with van der Waals surface area (Å²) in [5.41, 5.74) is 1.98. The Labute approximate surface area is 91.1 Å². The molecule has 2 aromatic rings. The summed E-state index contributed by atoms with van der Waals surface area (Å²) in [6.45, 7) is 0.257. The van der Waals surface area contributed by atoms with E-state index < -0.39 is 5.97 Å². The largest absolute Gasteiger partial charge is 0.481 e. The first-order valence-corrected chi connectivity index (χ1v) is 4.86. The van der Waals surface area contributed by atoms with Gasteiger partial charge in [-0.2, -0.15) is 0 Å². The number of nitrogens with zero attached hydrogens (tertiary/aromatic N) is 3. The molecule has 0 aliphatic heterocycles. The SMILES string of the molecule is O=C(O)Cc1cccc2nnn(CCO)c12. The van der Waals surface area contributed by atoms with Gasteiger partial charge in [-0.15, -0.1) is 5.10 Å². The van der Waals surface area contributed by atoms with Crippen molar-refractivity contribution >= 4 is 17.0 Å². The zero-order valence-electron chi connectivity index (χ0n) is 8.50. The maximum absolute atomic E-state index is 10.7. The third kappa shape index (κ3) is 1.87. The third-order valence-electron chi connectivity index (χ3n) is 2.27. The van der Waals surface area contributed by atoms with Crippen molar-refractivity contribution in [1.29, 1.82) is 0 Å². The molecule has 84 valence electrons. The normalized spacial score (nSPS) is 10.8. The first-order valence-electron chi connectivity index (χ1n) is 4.86. The minimum Gasteiger partial charge on any atom is -0.481 e. The molecule has 0 radical (unpaired) electrons. The van der Waals surface area contributed by atoms with Crippen LogP contribution in [0.4, 0.5) is 0 Å². The van der Waals surface area contributed by atoms with Gasteiger partial charge in [-0.05, 0) is 11.6 Å². The third-order valence-corrected chi connectivity index (χ3v) is 2.27. The van der Waals surface area contributed by atoms with E-state index in [9.17, 15) is 4.79 Å². The van der Waals surface area contributed by atoms with Crippen LogP contribution in [0.25, 0.3) is 11.0 Å². The molecule has 0 unspecified atom stereocenters. The number of fused-ring (bicyclic) bond motifs is 1. The minimum atomic E-state index is -0.899. The molecular weight excluding hydrogens is 210 g/mol. The van der Waals surface area contributed by atoms with Gasteiger partial charge in [0.05, 0.1) is 25.1 Å². The molecule has 0 aliphatic carbocycles. The van der Waals surface area contributed by atoms with Gasteiger partial charge in [-0.25, -0.2) is 4.68 Å². The van der Waals surface area contributed by atoms with E-state index in [1.165, 1.54) is 4.68 Å². The van der Waals surface area contributed by atoms with E-state index in [1.54, 1.807) is 18.2 Å². The van der Waals surface area contributed by atoms with Crippen molar-refractivity contribution in [3.63, 3.8) is 0 Å². The van der Waals surface area contributed by atoms with Gasteiger partial charge < -0.3 is 10.2 Å². The summed E-state index contributed by atoms with van der Waals surface area (Å²) in [6, 6.07) is 5.24. The predicted octanol–water partition coefficient (Wildman–Crippen LogP) is 0.0507. The van der Waals surface area contributed by atoms with Crippen LogP contribution in [-0.2, 0) is 17.8 Å².